The molecule has 14 atom stereocenters. The lowest BCUT2D eigenvalue weighted by Gasteiger charge is -2.48. The maximum absolute atomic E-state index is 12.2. The predicted octanol–water partition coefficient (Wildman–Crippen LogP) is 8.57. The van der Waals surface area contributed by atoms with E-state index in [2.05, 4.69) is 64.5 Å². The first-order valence-electron chi connectivity index (χ1n) is 21.9. The van der Waals surface area contributed by atoms with Crippen LogP contribution in [0.3, 0.4) is 0 Å². The van der Waals surface area contributed by atoms with E-state index in [4.69, 9.17) is 28.4 Å². The molecule has 3 aliphatic heterocycles. The Kier molecular flexibility index (Phi) is 20.4. The van der Waals surface area contributed by atoms with Crippen molar-refractivity contribution in [3.8, 4) is 0 Å². The zero-order chi connectivity index (χ0) is 40.8. The second-order valence-corrected chi connectivity index (χ2v) is 18.8. The molecule has 14 unspecified atom stereocenters. The van der Waals surface area contributed by atoms with Gasteiger partial charge >= 0.3 is 0 Å². The lowest BCUT2D eigenvalue weighted by atomic mass is 9.81. The van der Waals surface area contributed by atoms with Gasteiger partial charge in [0.25, 0.3) is 0 Å². The van der Waals surface area contributed by atoms with Crippen LogP contribution in [0.15, 0.2) is 36.0 Å². The Labute approximate surface area is 345 Å². The molecule has 56 heavy (non-hydrogen) atoms. The third-order valence-electron chi connectivity index (χ3n) is 13.6. The third-order valence-corrected chi connectivity index (χ3v) is 14.0. The molecule has 3 heterocycles. The van der Waals surface area contributed by atoms with Crippen molar-refractivity contribution in [2.75, 3.05) is 53.2 Å². The molecule has 0 amide bonds. The monoisotopic (exact) mass is 808 g/mol. The van der Waals surface area contributed by atoms with Crippen molar-refractivity contribution in [3.63, 3.8) is 0 Å². The fraction of sp³-hybridized carbons (Fsp3) is 0.870. The molecule has 4 rings (SSSR count). The summed E-state index contributed by atoms with van der Waals surface area (Å²) >= 11 is 1.70. The summed E-state index contributed by atoms with van der Waals surface area (Å²) in [5.74, 6) is 0.234. The Hall–Kier alpha value is -0.790. The summed E-state index contributed by atoms with van der Waals surface area (Å²) < 4.78 is 38.0. The number of aliphatic hydroxyl groups excluding tert-OH is 1. The zero-order valence-electron chi connectivity index (χ0n) is 36.7. The van der Waals surface area contributed by atoms with E-state index in [0.717, 1.165) is 77.3 Å². The summed E-state index contributed by atoms with van der Waals surface area (Å²) in [6, 6.07) is 0.224. The predicted molar refractivity (Wildman–Crippen MR) is 229 cm³/mol. The van der Waals surface area contributed by atoms with Crippen LogP contribution in [0.5, 0.6) is 0 Å². The Morgan fingerprint density at radius 3 is 2.39 bits per heavy atom. The van der Waals surface area contributed by atoms with E-state index in [1.54, 1.807) is 33.1 Å². The quantitative estimate of drug-likeness (QED) is 0.165. The Balaban J connectivity index is 1.63. The van der Waals surface area contributed by atoms with Gasteiger partial charge in [-0.2, -0.15) is 0 Å². The number of allylic oxidation sites excluding steroid dienone is 4. The molecule has 9 nitrogen and oxygen atoms in total. The summed E-state index contributed by atoms with van der Waals surface area (Å²) in [5.41, 5.74) is 2.53. The van der Waals surface area contributed by atoms with E-state index < -0.39 is 11.9 Å². The standard InChI is InChI=1S/C46H81NO8S/c1-11-14-36-16-18-39(48)35(6)44(33(4)26-37-17-19-40(54-30-56-10)41(28-37)50-7)53-29-38-15-12-13-21-47(38)22-20-46(49)34(5)27-43(52-9)45(55-46)42(51-8)25-32(3)23-31(2)24-36/h11,24,26,32,34-45,48-49H,1,12-23,25,27-30H2,2-10H3. The highest BCUT2D eigenvalue weighted by Crippen LogP contribution is 2.40. The van der Waals surface area contributed by atoms with Crippen LogP contribution < -0.4 is 0 Å². The topological polar surface area (TPSA) is 99.1 Å². The van der Waals surface area contributed by atoms with Crippen molar-refractivity contribution in [1.29, 1.82) is 0 Å². The normalized spacial score (nSPS) is 40.9. The SMILES string of the molecule is C=CCC1C=C(C)CC(C)CC(OC)C2OC(O)(CCN3CCCCC3COC(C(C)=CC3CCC(OCSC)C(OC)C3)C(C)C(O)CC1)C(C)CC2OC. The molecular weight excluding hydrogens is 727 g/mol. The Bertz CT molecular complexity index is 1220. The van der Waals surface area contributed by atoms with Gasteiger partial charge in [-0.25, -0.2) is 0 Å². The smallest absolute Gasteiger partial charge is 0.169 e. The molecular formula is C46H81NO8S. The van der Waals surface area contributed by atoms with Crippen LogP contribution in [-0.4, -0.2) is 123 Å². The number of rotatable bonds is 10. The first-order valence-corrected chi connectivity index (χ1v) is 23.3. The molecule has 4 aliphatic rings. The van der Waals surface area contributed by atoms with E-state index in [-0.39, 0.29) is 54.5 Å². The van der Waals surface area contributed by atoms with Gasteiger partial charge in [0.15, 0.2) is 5.79 Å². The third kappa shape index (κ3) is 13.6. The molecule has 3 fully saturated rings. The zero-order valence-corrected chi connectivity index (χ0v) is 37.5. The first-order chi connectivity index (χ1) is 26.9. The fourth-order valence-electron chi connectivity index (χ4n) is 10.2. The molecule has 0 radical (unpaired) electrons. The molecule has 324 valence electrons. The van der Waals surface area contributed by atoms with Gasteiger partial charge in [-0.3, -0.25) is 4.90 Å². The maximum Gasteiger partial charge on any atom is 0.169 e. The average molecular weight is 808 g/mol. The summed E-state index contributed by atoms with van der Waals surface area (Å²) in [7, 11) is 5.30. The maximum atomic E-state index is 12.2. The van der Waals surface area contributed by atoms with Crippen molar-refractivity contribution in [3.05, 3.63) is 36.0 Å². The van der Waals surface area contributed by atoms with E-state index in [0.29, 0.717) is 49.6 Å². The number of methoxy groups -OCH3 is 3. The molecule has 1 saturated carbocycles. The second-order valence-electron chi connectivity index (χ2n) is 18.0. The summed E-state index contributed by atoms with van der Waals surface area (Å²) in [6.07, 6.45) is 19.3. The molecule has 2 saturated heterocycles. The van der Waals surface area contributed by atoms with E-state index in [1.807, 2.05) is 6.08 Å². The lowest BCUT2D eigenvalue weighted by Crippen LogP contribution is -2.58. The molecule has 0 aromatic heterocycles. The van der Waals surface area contributed by atoms with Crippen LogP contribution in [-0.2, 0) is 28.4 Å². The minimum Gasteiger partial charge on any atom is -0.393 e. The number of fused-ring (bicyclic) bond motifs is 3. The number of aliphatic hydroxyl groups is 2. The largest absolute Gasteiger partial charge is 0.393 e. The highest BCUT2D eigenvalue weighted by molar-refractivity contribution is 7.98. The fourth-order valence-corrected chi connectivity index (χ4v) is 10.6. The molecule has 10 heteroatoms. The Morgan fingerprint density at radius 1 is 0.964 bits per heavy atom. The van der Waals surface area contributed by atoms with Crippen molar-refractivity contribution >= 4 is 11.8 Å². The minimum atomic E-state index is -1.28. The van der Waals surface area contributed by atoms with Crippen molar-refractivity contribution < 1.29 is 38.6 Å². The van der Waals surface area contributed by atoms with E-state index in [1.165, 1.54) is 11.1 Å². The van der Waals surface area contributed by atoms with E-state index in [9.17, 15) is 10.2 Å². The van der Waals surface area contributed by atoms with Gasteiger partial charge in [-0.15, -0.1) is 18.3 Å². The van der Waals surface area contributed by atoms with Crippen LogP contribution in [0.4, 0.5) is 0 Å². The highest BCUT2D eigenvalue weighted by Gasteiger charge is 2.49. The summed E-state index contributed by atoms with van der Waals surface area (Å²) in [5, 5.41) is 24.1. The first kappa shape index (κ1) is 47.9. The van der Waals surface area contributed by atoms with Crippen molar-refractivity contribution in [2.24, 2.45) is 29.6 Å². The molecule has 2 N–H and O–H groups in total. The Morgan fingerprint density at radius 2 is 1.70 bits per heavy atom. The number of nitrogens with zero attached hydrogens (tertiary/aromatic N) is 1. The van der Waals surface area contributed by atoms with Crippen LogP contribution >= 0.6 is 11.8 Å². The number of piperidine rings is 1. The summed E-state index contributed by atoms with van der Waals surface area (Å²) in [4.78, 5) is 2.51. The van der Waals surface area contributed by atoms with Gasteiger partial charge in [0.2, 0.25) is 0 Å². The van der Waals surface area contributed by atoms with Gasteiger partial charge in [-0.1, -0.05) is 51.0 Å². The molecule has 0 aromatic rings. The molecule has 0 aromatic carbocycles. The van der Waals surface area contributed by atoms with Crippen molar-refractivity contribution in [1.82, 2.24) is 4.90 Å². The van der Waals surface area contributed by atoms with Crippen LogP contribution in [0.1, 0.15) is 118 Å². The number of ether oxygens (including phenoxy) is 6. The van der Waals surface area contributed by atoms with Crippen LogP contribution in [0, 0.1) is 29.6 Å². The molecule has 0 spiro atoms. The average Bonchev–Trinajstić information content (AvgIpc) is 3.18. The van der Waals surface area contributed by atoms with Crippen LogP contribution in [0.2, 0.25) is 0 Å². The van der Waals surface area contributed by atoms with E-state index >= 15 is 0 Å². The van der Waals surface area contributed by atoms with Gasteiger partial charge in [0.1, 0.15) is 6.10 Å². The molecule has 1 aliphatic carbocycles. The molecule has 2 bridgehead atoms. The lowest BCUT2D eigenvalue weighted by molar-refractivity contribution is -0.324. The number of hydrogen-bond acceptors (Lipinski definition) is 10. The minimum absolute atomic E-state index is 0.0655. The number of hydrogen-bond donors (Lipinski definition) is 2. The van der Waals surface area contributed by atoms with Crippen molar-refractivity contribution in [2.45, 2.75) is 173 Å². The van der Waals surface area contributed by atoms with Gasteiger partial charge in [-0.05, 0) is 121 Å². The highest BCUT2D eigenvalue weighted by atomic mass is 32.2. The van der Waals surface area contributed by atoms with Gasteiger partial charge in [0, 0.05) is 52.2 Å². The number of thioether (sulfide) groups is 1. The van der Waals surface area contributed by atoms with Crippen LogP contribution in [0.25, 0.3) is 0 Å². The summed E-state index contributed by atoms with van der Waals surface area (Å²) in [6.45, 7) is 17.3. The van der Waals surface area contributed by atoms with Gasteiger partial charge in [0.05, 0.1) is 49.2 Å². The van der Waals surface area contributed by atoms with Gasteiger partial charge < -0.3 is 38.6 Å². The second kappa shape index (κ2) is 23.9.